The van der Waals surface area contributed by atoms with E-state index in [0.717, 1.165) is 19.6 Å². The molecule has 0 radical (unpaired) electrons. The maximum absolute atomic E-state index is 12.6. The van der Waals surface area contributed by atoms with E-state index in [0.29, 0.717) is 119 Å². The normalized spacial score (nSPS) is 11.7. The lowest BCUT2D eigenvalue weighted by atomic mass is 10.2. The van der Waals surface area contributed by atoms with Crippen molar-refractivity contribution in [3.8, 4) is 11.5 Å². The molecule has 0 bridgehead atoms. The lowest BCUT2D eigenvalue weighted by molar-refractivity contribution is -0.142. The van der Waals surface area contributed by atoms with Crippen molar-refractivity contribution in [1.82, 2.24) is 24.7 Å². The lowest BCUT2D eigenvalue weighted by Crippen LogP contribution is -2.38. The highest BCUT2D eigenvalue weighted by Gasteiger charge is 2.23. The number of pyridine rings is 2. The van der Waals surface area contributed by atoms with Gasteiger partial charge in [0.05, 0.1) is 121 Å². The predicted octanol–water partition coefficient (Wildman–Crippen LogP) is 2.06. The third kappa shape index (κ3) is 30.1. The lowest BCUT2D eigenvalue weighted by Gasteiger charge is -2.30. The summed E-state index contributed by atoms with van der Waals surface area (Å²) < 4.78 is 37.5. The quantitative estimate of drug-likeness (QED) is 0.0386. The van der Waals surface area contributed by atoms with Gasteiger partial charge in [-0.25, -0.2) is 0 Å². The summed E-state index contributed by atoms with van der Waals surface area (Å²) in [7, 11) is 7.15. The zero-order valence-corrected chi connectivity index (χ0v) is 40.4. The summed E-state index contributed by atoms with van der Waals surface area (Å²) in [5.41, 5.74) is 1.90. The molecule has 2 heterocycles. The fourth-order valence-corrected chi connectivity index (χ4v) is 6.88. The number of nitrogens with zero attached hydrogens (tertiary/aromatic N) is 5. The van der Waals surface area contributed by atoms with Gasteiger partial charge in [0.25, 0.3) is 0 Å². The Hall–Kier alpha value is -2.86. The summed E-state index contributed by atoms with van der Waals surface area (Å²) in [4.78, 5) is 37.7. The Balaban J connectivity index is 0.000000824. The highest BCUT2D eigenvalue weighted by atomic mass is 32.2. The molecule has 0 saturated carbocycles. The van der Waals surface area contributed by atoms with Gasteiger partial charge in [0.15, 0.2) is 0 Å². The van der Waals surface area contributed by atoms with E-state index in [9.17, 15) is 19.8 Å². The Morgan fingerprint density at radius 3 is 1.41 bits per heavy atom. The first-order valence-corrected chi connectivity index (χ1v) is 22.4. The van der Waals surface area contributed by atoms with E-state index in [4.69, 9.17) is 38.6 Å². The van der Waals surface area contributed by atoms with Crippen LogP contribution in [0.4, 0.5) is 0 Å². The monoisotopic (exact) mass is 933 g/mol. The van der Waals surface area contributed by atoms with Crippen LogP contribution in [-0.2, 0) is 59.7 Å². The number of aromatic nitrogens is 2. The fraction of sp³-hybridized carbons (Fsp3) is 0.721. The predicted molar refractivity (Wildman–Crippen MR) is 245 cm³/mol. The van der Waals surface area contributed by atoms with Crippen LogP contribution in [0.15, 0.2) is 24.3 Å². The maximum Gasteiger partial charge on any atom is 0.307 e. The maximum atomic E-state index is 12.6. The van der Waals surface area contributed by atoms with E-state index in [1.165, 1.54) is 7.11 Å². The third-order valence-electron chi connectivity index (χ3n) is 8.63. The third-order valence-corrected chi connectivity index (χ3v) is 10.1. The number of aliphatic hydroxyl groups is 4. The van der Waals surface area contributed by atoms with Gasteiger partial charge >= 0.3 is 5.97 Å². The molecular formula is C43H75N5O13S2. The van der Waals surface area contributed by atoms with Gasteiger partial charge in [-0.1, -0.05) is 0 Å². The number of thiol groups is 1. The molecule has 0 aliphatic rings. The summed E-state index contributed by atoms with van der Waals surface area (Å²) >= 11 is 6.10. The molecule has 2 rings (SSSR count). The second-order valence-corrected chi connectivity index (χ2v) is 18.7. The van der Waals surface area contributed by atoms with E-state index in [-0.39, 0.29) is 54.2 Å². The first-order valence-electron chi connectivity index (χ1n) is 21.0. The van der Waals surface area contributed by atoms with Crippen molar-refractivity contribution in [3.05, 3.63) is 47.0 Å². The number of ether oxygens (including phenoxy) is 7. The molecule has 0 aliphatic heterocycles. The number of carbonyl (C=O) groups excluding carboxylic acids is 2. The summed E-state index contributed by atoms with van der Waals surface area (Å²) in [6.07, 6.45) is 0.230. The van der Waals surface area contributed by atoms with E-state index in [2.05, 4.69) is 64.8 Å². The molecular weight excluding hydrogens is 859 g/mol. The SMILES string of the molecule is CN(CCOc1cc(CO)nc(CO)c1)CC(C)(C)S.COC(=O)CCOCCOCCOCCOCCN(C)C(=O)CSC(C)(C)CN(C)CCOc1cc(CO)nc(CO)c1. The minimum absolute atomic E-state index is 0.0421. The van der Waals surface area contributed by atoms with Crippen LogP contribution in [0.2, 0.25) is 0 Å². The average Bonchev–Trinajstić information content (AvgIpc) is 3.24. The molecule has 20 heteroatoms. The van der Waals surface area contributed by atoms with Gasteiger partial charge in [-0.3, -0.25) is 19.6 Å². The van der Waals surface area contributed by atoms with Crippen LogP contribution in [0.1, 0.15) is 56.9 Å². The largest absolute Gasteiger partial charge is 0.492 e. The zero-order valence-electron chi connectivity index (χ0n) is 38.7. The van der Waals surface area contributed by atoms with Crippen molar-refractivity contribution in [2.75, 3.05) is 133 Å². The second kappa shape index (κ2) is 33.6. The number of thioether (sulfide) groups is 1. The van der Waals surface area contributed by atoms with Gasteiger partial charge in [0, 0.05) is 73.5 Å². The minimum Gasteiger partial charge on any atom is -0.492 e. The van der Waals surface area contributed by atoms with Gasteiger partial charge in [0.1, 0.15) is 24.7 Å². The summed E-state index contributed by atoms with van der Waals surface area (Å²) in [5.74, 6) is 1.31. The molecule has 4 N–H and O–H groups in total. The van der Waals surface area contributed by atoms with Crippen LogP contribution < -0.4 is 9.47 Å². The first kappa shape index (κ1) is 58.2. The molecule has 0 atom stereocenters. The van der Waals surface area contributed by atoms with Crippen molar-refractivity contribution >= 4 is 36.3 Å². The van der Waals surface area contributed by atoms with Gasteiger partial charge in [-0.05, 0) is 41.8 Å². The highest BCUT2D eigenvalue weighted by molar-refractivity contribution is 8.01. The van der Waals surface area contributed by atoms with E-state index in [1.54, 1.807) is 48.0 Å². The molecule has 2 aromatic rings. The number of likely N-dealkylation sites (N-methyl/N-ethyl adjacent to an activating group) is 3. The number of methoxy groups -OCH3 is 1. The minimum atomic E-state index is -0.297. The van der Waals surface area contributed by atoms with Crippen molar-refractivity contribution < 1.29 is 63.2 Å². The average molecular weight is 934 g/mol. The molecule has 0 spiro atoms. The molecule has 0 fully saturated rings. The highest BCUT2D eigenvalue weighted by Crippen LogP contribution is 2.25. The van der Waals surface area contributed by atoms with Crippen LogP contribution in [0, 0.1) is 0 Å². The summed E-state index contributed by atoms with van der Waals surface area (Å²) in [5, 5.41) is 36.9. The molecule has 0 saturated heterocycles. The van der Waals surface area contributed by atoms with Gasteiger partial charge < -0.3 is 68.3 Å². The Morgan fingerprint density at radius 1 is 0.619 bits per heavy atom. The van der Waals surface area contributed by atoms with Crippen LogP contribution in [0.25, 0.3) is 0 Å². The van der Waals surface area contributed by atoms with Crippen molar-refractivity contribution in [2.45, 2.75) is 70.0 Å². The molecule has 0 unspecified atom stereocenters. The molecule has 362 valence electrons. The Morgan fingerprint density at radius 2 is 1.02 bits per heavy atom. The van der Waals surface area contributed by atoms with Gasteiger partial charge in [-0.15, -0.1) is 11.8 Å². The van der Waals surface area contributed by atoms with Crippen molar-refractivity contribution in [3.63, 3.8) is 0 Å². The zero-order chi connectivity index (χ0) is 47.1. The van der Waals surface area contributed by atoms with E-state index in [1.807, 2.05) is 14.1 Å². The summed E-state index contributed by atoms with van der Waals surface area (Å²) in [6.45, 7) is 15.5. The van der Waals surface area contributed by atoms with E-state index < -0.39 is 0 Å². The number of hydrogen-bond donors (Lipinski definition) is 5. The van der Waals surface area contributed by atoms with E-state index >= 15 is 0 Å². The fourth-order valence-electron chi connectivity index (χ4n) is 5.59. The molecule has 18 nitrogen and oxygen atoms in total. The number of aliphatic hydroxyl groups excluding tert-OH is 4. The molecule has 0 aromatic carbocycles. The summed E-state index contributed by atoms with van der Waals surface area (Å²) in [6, 6.07) is 6.69. The van der Waals surface area contributed by atoms with Crippen molar-refractivity contribution in [1.29, 1.82) is 0 Å². The topological polar surface area (TPSA) is 215 Å². The smallest absolute Gasteiger partial charge is 0.307 e. The molecule has 2 aromatic heterocycles. The number of hydrogen-bond acceptors (Lipinski definition) is 19. The van der Waals surface area contributed by atoms with Crippen molar-refractivity contribution in [2.24, 2.45) is 0 Å². The van der Waals surface area contributed by atoms with Gasteiger partial charge in [0.2, 0.25) is 5.91 Å². The number of carbonyl (C=O) groups is 2. The Labute approximate surface area is 384 Å². The first-order chi connectivity index (χ1) is 29.9. The standard InChI is InChI=1S/C29H51N3O10S.C14H24N2O3S/c1-29(2,23-31(3)7-11-42-26-18-24(20-33)30-25(19-26)21-34)43-22-27(35)32(4)8-10-39-13-15-41-17-16-40-14-12-38-9-6-28(36)37-5;1-14(2,20)10-16(3)4-5-19-13-6-11(8-17)15-12(7-13)9-18/h18-19,33-34H,6-17,20-23H2,1-5H3;6-7,17-18,20H,4-5,8-10H2,1-3H3. The molecule has 0 aliphatic carbocycles. The molecule has 63 heavy (non-hydrogen) atoms. The van der Waals surface area contributed by atoms with Crippen LogP contribution >= 0.6 is 24.4 Å². The number of amides is 1. The molecule has 1 amide bonds. The van der Waals surface area contributed by atoms with Crippen LogP contribution in [-0.4, -0.2) is 199 Å². The van der Waals surface area contributed by atoms with Crippen LogP contribution in [0.5, 0.6) is 11.5 Å². The van der Waals surface area contributed by atoms with Crippen LogP contribution in [0.3, 0.4) is 0 Å². The number of esters is 1. The Kier molecular flexibility index (Phi) is 31.0. The Bertz CT molecular complexity index is 1500. The van der Waals surface area contributed by atoms with Gasteiger partial charge in [-0.2, -0.15) is 12.6 Å². The second-order valence-electron chi connectivity index (χ2n) is 15.8. The number of rotatable bonds is 34.